The fourth-order valence-electron chi connectivity index (χ4n) is 3.72. The lowest BCUT2D eigenvalue weighted by Crippen LogP contribution is -2.47. The maximum Gasteiger partial charge on any atom is 0.262 e. The molecule has 2 aromatic carbocycles. The molecule has 0 fully saturated rings. The first kappa shape index (κ1) is 17.7. The minimum atomic E-state index is -0.595. The van der Waals surface area contributed by atoms with Gasteiger partial charge in [-0.1, -0.05) is 44.2 Å². The first-order valence-electron chi connectivity index (χ1n) is 9.23. The van der Waals surface area contributed by atoms with Gasteiger partial charge in [0, 0.05) is 11.1 Å². The Morgan fingerprint density at radius 1 is 1.00 bits per heavy atom. The first-order chi connectivity index (χ1) is 13.0. The van der Waals surface area contributed by atoms with Crippen LogP contribution >= 0.6 is 11.3 Å². The van der Waals surface area contributed by atoms with E-state index in [1.54, 1.807) is 6.07 Å². The molecule has 1 heterocycles. The summed E-state index contributed by atoms with van der Waals surface area (Å²) in [6.45, 7) is 3.87. The average Bonchev–Trinajstić information content (AvgIpc) is 3.32. The molecule has 5 heteroatoms. The highest BCUT2D eigenvalue weighted by molar-refractivity contribution is 7.12. The van der Waals surface area contributed by atoms with Crippen molar-refractivity contribution in [1.29, 1.82) is 0 Å². The Hall–Kier alpha value is -2.66. The van der Waals surface area contributed by atoms with E-state index in [-0.39, 0.29) is 17.7 Å². The van der Waals surface area contributed by atoms with E-state index in [0.29, 0.717) is 4.88 Å². The van der Waals surface area contributed by atoms with Crippen molar-refractivity contribution in [3.8, 4) is 0 Å². The summed E-state index contributed by atoms with van der Waals surface area (Å²) in [5.74, 6) is -0.418. The van der Waals surface area contributed by atoms with Gasteiger partial charge >= 0.3 is 0 Å². The summed E-state index contributed by atoms with van der Waals surface area (Å²) in [5.41, 5.74) is 3.48. The van der Waals surface area contributed by atoms with Gasteiger partial charge in [-0.2, -0.15) is 0 Å². The van der Waals surface area contributed by atoms with Crippen LogP contribution in [0.5, 0.6) is 0 Å². The molecule has 4 rings (SSSR count). The third kappa shape index (κ3) is 3.35. The fourth-order valence-corrected chi connectivity index (χ4v) is 4.35. The molecule has 0 saturated heterocycles. The zero-order valence-electron chi connectivity index (χ0n) is 15.4. The second kappa shape index (κ2) is 7.16. The Bertz CT molecular complexity index is 998. The molecule has 1 aliphatic carbocycles. The molecule has 1 atom stereocenters. The molecule has 0 spiro atoms. The number of nitrogens with one attached hydrogen (secondary N) is 2. The normalized spacial score (nSPS) is 13.7. The number of aryl methyl sites for hydroxylation is 2. The summed E-state index contributed by atoms with van der Waals surface area (Å²) in [6, 6.07) is 13.3. The molecule has 3 aromatic rings. The number of anilines is 1. The van der Waals surface area contributed by atoms with Gasteiger partial charge in [0.05, 0.1) is 4.88 Å². The molecule has 0 aliphatic heterocycles. The molecule has 0 bridgehead atoms. The molecule has 4 nitrogen and oxygen atoms in total. The number of amides is 2. The molecule has 1 unspecified atom stereocenters. The van der Waals surface area contributed by atoms with Crippen LogP contribution in [-0.4, -0.2) is 17.9 Å². The smallest absolute Gasteiger partial charge is 0.262 e. The predicted molar refractivity (Wildman–Crippen MR) is 110 cm³/mol. The molecular formula is C22H22N2O2S. The molecule has 27 heavy (non-hydrogen) atoms. The van der Waals surface area contributed by atoms with Crippen LogP contribution in [0.1, 0.15) is 34.6 Å². The maximum atomic E-state index is 13.0. The second-order valence-electron chi connectivity index (χ2n) is 7.27. The number of thiophene rings is 1. The van der Waals surface area contributed by atoms with Crippen molar-refractivity contribution in [2.75, 3.05) is 5.32 Å². The first-order valence-corrected chi connectivity index (χ1v) is 10.1. The largest absolute Gasteiger partial charge is 0.339 e. The van der Waals surface area contributed by atoms with Gasteiger partial charge in [-0.3, -0.25) is 9.59 Å². The molecule has 1 aromatic heterocycles. The van der Waals surface area contributed by atoms with Gasteiger partial charge in [-0.05, 0) is 52.8 Å². The Morgan fingerprint density at radius 2 is 1.78 bits per heavy atom. The van der Waals surface area contributed by atoms with Gasteiger partial charge in [0.15, 0.2) is 0 Å². The molecule has 0 radical (unpaired) electrons. The molecule has 2 amide bonds. The third-order valence-corrected chi connectivity index (χ3v) is 5.98. The van der Waals surface area contributed by atoms with Gasteiger partial charge in [-0.15, -0.1) is 11.3 Å². The SMILES string of the molecule is CC(C)C(NC(=O)c1cccs1)C(=O)Nc1ccc2c3c(cccc13)CC2. The fraction of sp³-hybridized carbons (Fsp3) is 0.273. The van der Waals surface area contributed by atoms with E-state index < -0.39 is 6.04 Å². The lowest BCUT2D eigenvalue weighted by Gasteiger charge is -2.22. The number of rotatable bonds is 5. The highest BCUT2D eigenvalue weighted by atomic mass is 32.1. The topological polar surface area (TPSA) is 58.2 Å². The number of benzene rings is 2. The minimum absolute atomic E-state index is 0.0225. The van der Waals surface area contributed by atoms with E-state index in [0.717, 1.165) is 23.9 Å². The molecular weight excluding hydrogens is 356 g/mol. The monoisotopic (exact) mass is 378 g/mol. The maximum absolute atomic E-state index is 13.0. The molecule has 2 N–H and O–H groups in total. The van der Waals surface area contributed by atoms with E-state index >= 15 is 0 Å². The summed E-state index contributed by atoms with van der Waals surface area (Å²) in [7, 11) is 0. The van der Waals surface area contributed by atoms with Crippen LogP contribution in [0.15, 0.2) is 47.8 Å². The van der Waals surface area contributed by atoms with E-state index in [1.165, 1.54) is 27.8 Å². The van der Waals surface area contributed by atoms with E-state index in [9.17, 15) is 9.59 Å². The van der Waals surface area contributed by atoms with Gasteiger partial charge in [0.1, 0.15) is 6.04 Å². The van der Waals surface area contributed by atoms with E-state index in [1.807, 2.05) is 37.4 Å². The molecule has 0 saturated carbocycles. The summed E-state index contributed by atoms with van der Waals surface area (Å²) in [6.07, 6.45) is 2.10. The predicted octanol–water partition coefficient (Wildman–Crippen LogP) is 4.39. The quantitative estimate of drug-likeness (QED) is 0.692. The number of carbonyl (C=O) groups is 2. The number of hydrogen-bond donors (Lipinski definition) is 2. The summed E-state index contributed by atoms with van der Waals surface area (Å²) in [5, 5.41) is 10.1. The van der Waals surface area contributed by atoms with Crippen LogP contribution < -0.4 is 10.6 Å². The minimum Gasteiger partial charge on any atom is -0.339 e. The standard InChI is InChI=1S/C22H22N2O2S/c1-13(2)20(24-21(25)18-7-4-12-27-18)22(26)23-17-11-10-15-9-8-14-5-3-6-16(17)19(14)15/h3-7,10-13,20H,8-9H2,1-2H3,(H,23,26)(H,24,25). The lowest BCUT2D eigenvalue weighted by molar-refractivity contribution is -0.118. The van der Waals surface area contributed by atoms with Crippen LogP contribution in [0.25, 0.3) is 10.8 Å². The van der Waals surface area contributed by atoms with Gasteiger partial charge in [0.2, 0.25) is 5.91 Å². The zero-order valence-corrected chi connectivity index (χ0v) is 16.2. The Morgan fingerprint density at radius 3 is 2.48 bits per heavy atom. The highest BCUT2D eigenvalue weighted by Gasteiger charge is 2.26. The van der Waals surface area contributed by atoms with Crippen molar-refractivity contribution in [1.82, 2.24) is 5.32 Å². The summed E-state index contributed by atoms with van der Waals surface area (Å²) < 4.78 is 0. The Balaban J connectivity index is 1.59. The van der Waals surface area contributed by atoms with Crippen molar-refractivity contribution in [2.45, 2.75) is 32.7 Å². The zero-order chi connectivity index (χ0) is 19.0. The van der Waals surface area contributed by atoms with Crippen molar-refractivity contribution < 1.29 is 9.59 Å². The third-order valence-electron chi connectivity index (χ3n) is 5.12. The average molecular weight is 378 g/mol. The van der Waals surface area contributed by atoms with Gasteiger partial charge in [-0.25, -0.2) is 0 Å². The van der Waals surface area contributed by atoms with Crippen LogP contribution in [0.3, 0.4) is 0 Å². The number of carbonyl (C=O) groups excluding carboxylic acids is 2. The van der Waals surface area contributed by atoms with Gasteiger partial charge < -0.3 is 10.6 Å². The van der Waals surface area contributed by atoms with E-state index in [2.05, 4.69) is 28.8 Å². The van der Waals surface area contributed by atoms with Crippen LogP contribution in [-0.2, 0) is 17.6 Å². The van der Waals surface area contributed by atoms with Crippen molar-refractivity contribution >= 4 is 39.6 Å². The highest BCUT2D eigenvalue weighted by Crippen LogP contribution is 2.35. The van der Waals surface area contributed by atoms with Crippen LogP contribution in [0.2, 0.25) is 0 Å². The van der Waals surface area contributed by atoms with Crippen LogP contribution in [0, 0.1) is 5.92 Å². The lowest BCUT2D eigenvalue weighted by atomic mass is 10.0. The summed E-state index contributed by atoms with van der Waals surface area (Å²) in [4.78, 5) is 26.0. The number of hydrogen-bond acceptors (Lipinski definition) is 3. The van der Waals surface area contributed by atoms with E-state index in [4.69, 9.17) is 0 Å². The van der Waals surface area contributed by atoms with Crippen molar-refractivity contribution in [3.63, 3.8) is 0 Å². The molecule has 138 valence electrons. The van der Waals surface area contributed by atoms with Gasteiger partial charge in [0.25, 0.3) is 5.91 Å². The Kier molecular flexibility index (Phi) is 4.70. The Labute approximate surface area is 162 Å². The second-order valence-corrected chi connectivity index (χ2v) is 8.22. The van der Waals surface area contributed by atoms with Crippen LogP contribution in [0.4, 0.5) is 5.69 Å². The summed E-state index contributed by atoms with van der Waals surface area (Å²) >= 11 is 1.37. The molecule has 1 aliphatic rings. The van der Waals surface area contributed by atoms with Crippen molar-refractivity contribution in [3.05, 3.63) is 63.8 Å². The van der Waals surface area contributed by atoms with Crippen molar-refractivity contribution in [2.24, 2.45) is 5.92 Å².